The van der Waals surface area contributed by atoms with E-state index in [1.165, 1.54) is 64.0 Å². The fourth-order valence-corrected chi connectivity index (χ4v) is 3.60. The maximum absolute atomic E-state index is 6.02. The van der Waals surface area contributed by atoms with E-state index in [2.05, 4.69) is 43.9 Å². The highest BCUT2D eigenvalue weighted by atomic mass is 79.9. The van der Waals surface area contributed by atoms with Crippen LogP contribution in [0.2, 0.25) is 0 Å². The summed E-state index contributed by atoms with van der Waals surface area (Å²) in [7, 11) is 0. The normalized spacial score (nSPS) is 20.0. The van der Waals surface area contributed by atoms with Gasteiger partial charge in [-0.05, 0) is 66.8 Å². The zero-order valence-electron chi connectivity index (χ0n) is 12.7. The van der Waals surface area contributed by atoms with E-state index in [0.717, 1.165) is 23.4 Å². The second-order valence-electron chi connectivity index (χ2n) is 6.06. The highest BCUT2D eigenvalue weighted by Gasteiger charge is 2.14. The van der Waals surface area contributed by atoms with Gasteiger partial charge in [0.1, 0.15) is 12.4 Å². The molecule has 1 aromatic rings. The van der Waals surface area contributed by atoms with Crippen LogP contribution in [-0.4, -0.2) is 44.2 Å². The molecule has 0 unspecified atom stereocenters. The number of hydrogen-bond acceptors (Lipinski definition) is 3. The Morgan fingerprint density at radius 3 is 2.43 bits per heavy atom. The van der Waals surface area contributed by atoms with Crippen LogP contribution < -0.4 is 9.64 Å². The van der Waals surface area contributed by atoms with Crippen molar-refractivity contribution in [2.45, 2.75) is 32.1 Å². The smallest absolute Gasteiger partial charge is 0.135 e. The lowest BCUT2D eigenvalue weighted by atomic mass is 10.1. The quantitative estimate of drug-likeness (QED) is 0.798. The van der Waals surface area contributed by atoms with Crippen molar-refractivity contribution in [3.63, 3.8) is 0 Å². The number of benzene rings is 1. The van der Waals surface area contributed by atoms with E-state index in [1.54, 1.807) is 0 Å². The molecule has 0 saturated carbocycles. The Morgan fingerprint density at radius 2 is 1.67 bits per heavy atom. The maximum atomic E-state index is 6.02. The molecule has 2 aliphatic heterocycles. The zero-order chi connectivity index (χ0) is 14.5. The zero-order valence-corrected chi connectivity index (χ0v) is 14.3. The van der Waals surface area contributed by atoms with Crippen LogP contribution >= 0.6 is 15.9 Å². The van der Waals surface area contributed by atoms with Gasteiger partial charge in [-0.2, -0.15) is 0 Å². The monoisotopic (exact) mass is 352 g/mol. The van der Waals surface area contributed by atoms with Gasteiger partial charge in [-0.15, -0.1) is 0 Å². The van der Waals surface area contributed by atoms with E-state index in [0.29, 0.717) is 0 Å². The summed E-state index contributed by atoms with van der Waals surface area (Å²) < 4.78 is 7.08. The fraction of sp³-hybridized carbons (Fsp3) is 0.647. The van der Waals surface area contributed by atoms with Crippen molar-refractivity contribution in [2.24, 2.45) is 0 Å². The van der Waals surface area contributed by atoms with Crippen molar-refractivity contribution in [1.29, 1.82) is 0 Å². The minimum atomic E-state index is 0.780. The van der Waals surface area contributed by atoms with Crippen molar-refractivity contribution >= 4 is 21.6 Å². The summed E-state index contributed by atoms with van der Waals surface area (Å²) >= 11 is 3.61. The Morgan fingerprint density at radius 1 is 0.952 bits per heavy atom. The number of piperidine rings is 1. The van der Waals surface area contributed by atoms with Gasteiger partial charge in [0.2, 0.25) is 0 Å². The van der Waals surface area contributed by atoms with Crippen LogP contribution in [0.25, 0.3) is 0 Å². The predicted molar refractivity (Wildman–Crippen MR) is 91.4 cm³/mol. The average molecular weight is 353 g/mol. The highest BCUT2D eigenvalue weighted by molar-refractivity contribution is 9.10. The van der Waals surface area contributed by atoms with Gasteiger partial charge in [0.15, 0.2) is 0 Å². The van der Waals surface area contributed by atoms with E-state index in [-0.39, 0.29) is 0 Å². The van der Waals surface area contributed by atoms with Crippen LogP contribution in [-0.2, 0) is 0 Å². The Kier molecular flexibility index (Phi) is 5.42. The standard InChI is InChI=1S/C17H25BrN2O/c18-16-7-6-15(20-10-4-5-11-20)14-17(16)21-13-12-19-8-2-1-3-9-19/h6-7,14H,1-5,8-13H2. The van der Waals surface area contributed by atoms with Gasteiger partial charge in [-0.3, -0.25) is 4.90 Å². The molecule has 2 heterocycles. The number of anilines is 1. The first kappa shape index (κ1) is 15.2. The summed E-state index contributed by atoms with van der Waals surface area (Å²) in [5, 5.41) is 0. The van der Waals surface area contributed by atoms with Crippen LogP contribution in [0.1, 0.15) is 32.1 Å². The molecule has 0 spiro atoms. The van der Waals surface area contributed by atoms with Crippen molar-refractivity contribution in [3.05, 3.63) is 22.7 Å². The van der Waals surface area contributed by atoms with Gasteiger partial charge in [0.05, 0.1) is 4.47 Å². The maximum Gasteiger partial charge on any atom is 0.135 e. The van der Waals surface area contributed by atoms with E-state index in [4.69, 9.17) is 4.74 Å². The largest absolute Gasteiger partial charge is 0.491 e. The van der Waals surface area contributed by atoms with Crippen LogP contribution in [0.5, 0.6) is 5.75 Å². The number of halogens is 1. The second kappa shape index (κ2) is 7.50. The fourth-order valence-electron chi connectivity index (χ4n) is 3.24. The first-order valence-electron chi connectivity index (χ1n) is 8.22. The van der Waals surface area contributed by atoms with Crippen LogP contribution in [0.4, 0.5) is 5.69 Å². The minimum absolute atomic E-state index is 0.780. The van der Waals surface area contributed by atoms with Crippen LogP contribution in [0, 0.1) is 0 Å². The molecule has 0 amide bonds. The molecule has 3 rings (SSSR count). The molecule has 0 aromatic heterocycles. The van der Waals surface area contributed by atoms with Gasteiger partial charge < -0.3 is 9.64 Å². The molecular formula is C17H25BrN2O. The molecule has 0 N–H and O–H groups in total. The Labute approximate surface area is 136 Å². The molecule has 116 valence electrons. The van der Waals surface area contributed by atoms with Gasteiger partial charge in [-0.1, -0.05) is 6.42 Å². The Balaban J connectivity index is 1.54. The third-order valence-corrected chi connectivity index (χ3v) is 5.15. The van der Waals surface area contributed by atoms with Crippen molar-refractivity contribution in [1.82, 2.24) is 4.90 Å². The molecule has 0 radical (unpaired) electrons. The lowest BCUT2D eigenvalue weighted by Gasteiger charge is -2.26. The minimum Gasteiger partial charge on any atom is -0.491 e. The number of ether oxygens (including phenoxy) is 1. The molecule has 0 bridgehead atoms. The SMILES string of the molecule is Brc1ccc(N2CCCC2)cc1OCCN1CCCCC1. The van der Waals surface area contributed by atoms with Crippen LogP contribution in [0.3, 0.4) is 0 Å². The van der Waals surface area contributed by atoms with E-state index < -0.39 is 0 Å². The lowest BCUT2D eigenvalue weighted by Crippen LogP contribution is -2.33. The van der Waals surface area contributed by atoms with E-state index in [1.807, 2.05) is 0 Å². The first-order valence-corrected chi connectivity index (χ1v) is 9.02. The lowest BCUT2D eigenvalue weighted by molar-refractivity contribution is 0.183. The van der Waals surface area contributed by atoms with Gasteiger partial charge >= 0.3 is 0 Å². The topological polar surface area (TPSA) is 15.7 Å². The number of rotatable bonds is 5. The molecule has 0 atom stereocenters. The summed E-state index contributed by atoms with van der Waals surface area (Å²) in [5.41, 5.74) is 1.30. The molecule has 0 aliphatic carbocycles. The van der Waals surface area contributed by atoms with Crippen molar-refractivity contribution in [3.8, 4) is 5.75 Å². The Bertz CT molecular complexity index is 454. The van der Waals surface area contributed by atoms with E-state index in [9.17, 15) is 0 Å². The number of nitrogens with zero attached hydrogens (tertiary/aromatic N) is 2. The summed E-state index contributed by atoms with van der Waals surface area (Å²) in [6.45, 7) is 6.64. The summed E-state index contributed by atoms with van der Waals surface area (Å²) in [5.74, 6) is 0.983. The highest BCUT2D eigenvalue weighted by Crippen LogP contribution is 2.31. The number of likely N-dealkylation sites (tertiary alicyclic amines) is 1. The molecule has 4 heteroatoms. The average Bonchev–Trinajstić information content (AvgIpc) is 3.04. The molecule has 1 aromatic carbocycles. The third kappa shape index (κ3) is 4.13. The molecule has 21 heavy (non-hydrogen) atoms. The Hall–Kier alpha value is -0.740. The predicted octanol–water partition coefficient (Wildman–Crippen LogP) is 3.91. The molecule has 3 nitrogen and oxygen atoms in total. The third-order valence-electron chi connectivity index (χ3n) is 4.50. The molecule has 2 aliphatic rings. The van der Waals surface area contributed by atoms with Gasteiger partial charge in [0, 0.05) is 31.4 Å². The first-order chi connectivity index (χ1) is 10.3. The summed E-state index contributed by atoms with van der Waals surface area (Å²) in [6.07, 6.45) is 6.69. The van der Waals surface area contributed by atoms with Gasteiger partial charge in [0.25, 0.3) is 0 Å². The van der Waals surface area contributed by atoms with Crippen molar-refractivity contribution < 1.29 is 4.74 Å². The summed E-state index contributed by atoms with van der Waals surface area (Å²) in [4.78, 5) is 4.96. The number of hydrogen-bond donors (Lipinski definition) is 0. The molecule has 2 saturated heterocycles. The summed E-state index contributed by atoms with van der Waals surface area (Å²) in [6, 6.07) is 6.49. The van der Waals surface area contributed by atoms with Gasteiger partial charge in [-0.25, -0.2) is 0 Å². The molecule has 2 fully saturated rings. The second-order valence-corrected chi connectivity index (χ2v) is 6.91. The van der Waals surface area contributed by atoms with Crippen molar-refractivity contribution in [2.75, 3.05) is 44.2 Å². The molecular weight excluding hydrogens is 328 g/mol. The van der Waals surface area contributed by atoms with E-state index >= 15 is 0 Å². The van der Waals surface area contributed by atoms with Crippen LogP contribution in [0.15, 0.2) is 22.7 Å².